The molecular weight excluding hydrogens is 270 g/mol. The van der Waals surface area contributed by atoms with Crippen molar-refractivity contribution in [2.45, 2.75) is 25.3 Å². The molecule has 2 heteroatoms. The third-order valence-corrected chi connectivity index (χ3v) is 4.99. The Hall–Kier alpha value is -2.22. The van der Waals surface area contributed by atoms with Gasteiger partial charge in [-0.05, 0) is 48.6 Å². The predicted octanol–water partition coefficient (Wildman–Crippen LogP) is 4.83. The van der Waals surface area contributed by atoms with Crippen LogP contribution in [0.1, 0.15) is 35.1 Å². The summed E-state index contributed by atoms with van der Waals surface area (Å²) in [6.07, 6.45) is 5.87. The molecule has 1 aliphatic heterocycles. The van der Waals surface area contributed by atoms with Crippen molar-refractivity contribution >= 4 is 5.69 Å². The largest absolute Gasteiger partial charge is 0.497 e. The Kier molecular flexibility index (Phi) is 3.18. The minimum absolute atomic E-state index is 0.362. The predicted molar refractivity (Wildman–Crippen MR) is 90.5 cm³/mol. The van der Waals surface area contributed by atoms with Crippen LogP contribution >= 0.6 is 0 Å². The average molecular weight is 291 g/mol. The van der Waals surface area contributed by atoms with E-state index in [1.807, 2.05) is 0 Å². The SMILES string of the molecule is COc1ccc([C@H]2Nc3ccc(C)cc3[C@H]3C=CC[C@H]32)cc1. The van der Waals surface area contributed by atoms with Crippen molar-refractivity contribution in [3.63, 3.8) is 0 Å². The Bertz CT molecular complexity index is 717. The van der Waals surface area contributed by atoms with Crippen LogP contribution in [0.2, 0.25) is 0 Å². The minimum Gasteiger partial charge on any atom is -0.497 e. The highest BCUT2D eigenvalue weighted by molar-refractivity contribution is 5.60. The van der Waals surface area contributed by atoms with Gasteiger partial charge in [-0.15, -0.1) is 0 Å². The maximum Gasteiger partial charge on any atom is 0.118 e. The van der Waals surface area contributed by atoms with E-state index in [9.17, 15) is 0 Å². The highest BCUT2D eigenvalue weighted by atomic mass is 16.5. The number of fused-ring (bicyclic) bond motifs is 3. The average Bonchev–Trinajstić information content (AvgIpc) is 3.04. The van der Waals surface area contributed by atoms with Gasteiger partial charge in [-0.2, -0.15) is 0 Å². The van der Waals surface area contributed by atoms with Crippen LogP contribution in [0.15, 0.2) is 54.6 Å². The normalized spacial score (nSPS) is 25.3. The van der Waals surface area contributed by atoms with Crippen molar-refractivity contribution < 1.29 is 4.74 Å². The Morgan fingerprint density at radius 2 is 1.91 bits per heavy atom. The minimum atomic E-state index is 0.362. The second-order valence-corrected chi connectivity index (χ2v) is 6.34. The molecule has 112 valence electrons. The number of hydrogen-bond donors (Lipinski definition) is 1. The number of allylic oxidation sites excluding steroid dienone is 2. The summed E-state index contributed by atoms with van der Waals surface area (Å²) in [5.74, 6) is 2.04. The molecule has 0 unspecified atom stereocenters. The molecule has 0 bridgehead atoms. The van der Waals surface area contributed by atoms with E-state index in [2.05, 4.69) is 66.9 Å². The maximum atomic E-state index is 5.28. The van der Waals surface area contributed by atoms with Crippen LogP contribution in [-0.4, -0.2) is 7.11 Å². The summed E-state index contributed by atoms with van der Waals surface area (Å²) in [6.45, 7) is 2.17. The molecule has 2 aromatic rings. The molecule has 2 nitrogen and oxygen atoms in total. The van der Waals surface area contributed by atoms with Gasteiger partial charge in [0.05, 0.1) is 13.2 Å². The van der Waals surface area contributed by atoms with Crippen molar-refractivity contribution in [3.05, 3.63) is 71.3 Å². The first-order chi connectivity index (χ1) is 10.8. The lowest BCUT2D eigenvalue weighted by molar-refractivity contribution is 0.411. The van der Waals surface area contributed by atoms with E-state index >= 15 is 0 Å². The zero-order chi connectivity index (χ0) is 15.1. The fourth-order valence-electron chi connectivity index (χ4n) is 3.86. The molecule has 1 heterocycles. The lowest BCUT2D eigenvalue weighted by Crippen LogP contribution is -2.29. The van der Waals surface area contributed by atoms with E-state index in [1.165, 1.54) is 22.4 Å². The van der Waals surface area contributed by atoms with E-state index in [0.29, 0.717) is 17.9 Å². The van der Waals surface area contributed by atoms with Gasteiger partial charge < -0.3 is 10.1 Å². The molecule has 0 saturated carbocycles. The van der Waals surface area contributed by atoms with Crippen LogP contribution < -0.4 is 10.1 Å². The summed E-state index contributed by atoms with van der Waals surface area (Å²) in [5.41, 5.74) is 5.40. The Labute approximate surface area is 131 Å². The zero-order valence-corrected chi connectivity index (χ0v) is 13.0. The van der Waals surface area contributed by atoms with Gasteiger partial charge in [0.1, 0.15) is 5.75 Å². The van der Waals surface area contributed by atoms with E-state index in [-0.39, 0.29) is 0 Å². The second kappa shape index (κ2) is 5.20. The molecule has 0 spiro atoms. The highest BCUT2D eigenvalue weighted by Crippen LogP contribution is 2.49. The molecular formula is C20H21NO. The fourth-order valence-corrected chi connectivity index (χ4v) is 3.86. The van der Waals surface area contributed by atoms with Crippen molar-refractivity contribution in [1.29, 1.82) is 0 Å². The molecule has 4 rings (SSSR count). The first kappa shape index (κ1) is 13.4. The van der Waals surface area contributed by atoms with Gasteiger partial charge in [0.25, 0.3) is 0 Å². The first-order valence-corrected chi connectivity index (χ1v) is 7.94. The number of anilines is 1. The number of methoxy groups -OCH3 is 1. The molecule has 0 saturated heterocycles. The van der Waals surface area contributed by atoms with E-state index < -0.39 is 0 Å². The molecule has 2 aliphatic rings. The molecule has 1 N–H and O–H groups in total. The second-order valence-electron chi connectivity index (χ2n) is 6.34. The smallest absolute Gasteiger partial charge is 0.118 e. The van der Waals surface area contributed by atoms with Crippen LogP contribution in [0.25, 0.3) is 0 Å². The van der Waals surface area contributed by atoms with Crippen LogP contribution in [0.4, 0.5) is 5.69 Å². The number of hydrogen-bond acceptors (Lipinski definition) is 2. The summed E-state index contributed by atoms with van der Waals surface area (Å²) >= 11 is 0. The lowest BCUT2D eigenvalue weighted by Gasteiger charge is -2.37. The standard InChI is InChI=1S/C20H21NO/c1-13-6-11-19-18(12-13)16-4-3-5-17(16)20(21-19)14-7-9-15(22-2)10-8-14/h3-4,6-12,16-17,20-21H,5H2,1-2H3/t16-,17+,20+/m0/s1. The van der Waals surface area contributed by atoms with Gasteiger partial charge in [0, 0.05) is 11.6 Å². The van der Waals surface area contributed by atoms with Crippen molar-refractivity contribution in [3.8, 4) is 5.75 Å². The summed E-state index contributed by atoms with van der Waals surface area (Å²) in [6, 6.07) is 15.6. The number of aryl methyl sites for hydroxylation is 1. The van der Waals surface area contributed by atoms with Crippen LogP contribution in [0, 0.1) is 12.8 Å². The molecule has 2 aromatic carbocycles. The first-order valence-electron chi connectivity index (χ1n) is 7.94. The van der Waals surface area contributed by atoms with Gasteiger partial charge in [0.2, 0.25) is 0 Å². The molecule has 0 radical (unpaired) electrons. The van der Waals surface area contributed by atoms with Gasteiger partial charge >= 0.3 is 0 Å². The van der Waals surface area contributed by atoms with Crippen molar-refractivity contribution in [1.82, 2.24) is 0 Å². The van der Waals surface area contributed by atoms with Crippen LogP contribution in [0.5, 0.6) is 5.75 Å². The van der Waals surface area contributed by atoms with Crippen LogP contribution in [-0.2, 0) is 0 Å². The molecule has 22 heavy (non-hydrogen) atoms. The third-order valence-electron chi connectivity index (χ3n) is 4.99. The quantitative estimate of drug-likeness (QED) is 0.800. The number of ether oxygens (including phenoxy) is 1. The van der Waals surface area contributed by atoms with E-state index in [0.717, 1.165) is 12.2 Å². The lowest BCUT2D eigenvalue weighted by atomic mass is 9.76. The maximum absolute atomic E-state index is 5.28. The topological polar surface area (TPSA) is 21.3 Å². The van der Waals surface area contributed by atoms with Gasteiger partial charge in [0.15, 0.2) is 0 Å². The summed E-state index contributed by atoms with van der Waals surface area (Å²) in [5, 5.41) is 3.77. The molecule has 1 aliphatic carbocycles. The van der Waals surface area contributed by atoms with E-state index in [4.69, 9.17) is 4.74 Å². The number of nitrogens with one attached hydrogen (secondary N) is 1. The Morgan fingerprint density at radius 3 is 2.68 bits per heavy atom. The fraction of sp³-hybridized carbons (Fsp3) is 0.300. The van der Waals surface area contributed by atoms with Gasteiger partial charge in [-0.3, -0.25) is 0 Å². The molecule has 3 atom stereocenters. The van der Waals surface area contributed by atoms with E-state index in [1.54, 1.807) is 7.11 Å². The summed E-state index contributed by atoms with van der Waals surface area (Å²) in [4.78, 5) is 0. The summed E-state index contributed by atoms with van der Waals surface area (Å²) < 4.78 is 5.28. The summed E-state index contributed by atoms with van der Waals surface area (Å²) in [7, 11) is 1.71. The van der Waals surface area contributed by atoms with Gasteiger partial charge in [-0.1, -0.05) is 42.0 Å². The third kappa shape index (κ3) is 2.10. The Balaban J connectivity index is 1.74. The van der Waals surface area contributed by atoms with Gasteiger partial charge in [-0.25, -0.2) is 0 Å². The monoisotopic (exact) mass is 291 g/mol. The molecule has 0 aromatic heterocycles. The highest BCUT2D eigenvalue weighted by Gasteiger charge is 2.37. The van der Waals surface area contributed by atoms with Crippen molar-refractivity contribution in [2.75, 3.05) is 12.4 Å². The molecule has 0 amide bonds. The van der Waals surface area contributed by atoms with Crippen LogP contribution in [0.3, 0.4) is 0 Å². The molecule has 0 fully saturated rings. The number of benzene rings is 2. The Morgan fingerprint density at radius 1 is 1.09 bits per heavy atom. The number of rotatable bonds is 2. The van der Waals surface area contributed by atoms with Crippen molar-refractivity contribution in [2.24, 2.45) is 5.92 Å². The zero-order valence-electron chi connectivity index (χ0n) is 13.0.